The van der Waals surface area contributed by atoms with Gasteiger partial charge >= 0.3 is 0 Å². The van der Waals surface area contributed by atoms with Gasteiger partial charge < -0.3 is 5.43 Å². The molecule has 0 aliphatic carbocycles. The maximum absolute atomic E-state index is 12.3. The Morgan fingerprint density at radius 3 is 2.75 bits per heavy atom. The van der Waals surface area contributed by atoms with E-state index in [2.05, 4.69) is 22.1 Å². The van der Waals surface area contributed by atoms with E-state index < -0.39 is 10.0 Å². The van der Waals surface area contributed by atoms with Gasteiger partial charge in [0.2, 0.25) is 10.0 Å². The van der Waals surface area contributed by atoms with E-state index in [-0.39, 0.29) is 10.9 Å². The van der Waals surface area contributed by atoms with Crippen molar-refractivity contribution in [3.05, 3.63) is 18.5 Å². The molecule has 1 aromatic rings. The number of unbranched alkanes of at least 4 members (excludes halogenated alkanes) is 3. The lowest BCUT2D eigenvalue weighted by Gasteiger charge is -2.15. The highest BCUT2D eigenvalue weighted by atomic mass is 32.2. The summed E-state index contributed by atoms with van der Waals surface area (Å²) in [6.45, 7) is 4.02. The predicted octanol–water partition coefficient (Wildman–Crippen LogP) is 2.00. The second-order valence-corrected chi connectivity index (χ2v) is 6.57. The van der Waals surface area contributed by atoms with Gasteiger partial charge in [0.1, 0.15) is 4.90 Å². The number of nitrogens with one attached hydrogen (secondary N) is 2. The van der Waals surface area contributed by atoms with Gasteiger partial charge in [-0.05, 0) is 19.4 Å². The molecule has 0 aromatic carbocycles. The molecule has 1 heterocycles. The highest BCUT2D eigenvalue weighted by Gasteiger charge is 2.20. The van der Waals surface area contributed by atoms with Crippen LogP contribution in [0.2, 0.25) is 0 Å². The lowest BCUT2D eigenvalue weighted by molar-refractivity contribution is 0.522. The van der Waals surface area contributed by atoms with Crippen molar-refractivity contribution in [2.24, 2.45) is 5.84 Å². The van der Waals surface area contributed by atoms with Crippen LogP contribution in [-0.4, -0.2) is 19.4 Å². The zero-order valence-corrected chi connectivity index (χ0v) is 12.9. The van der Waals surface area contributed by atoms with Crippen LogP contribution >= 0.6 is 0 Å². The maximum Gasteiger partial charge on any atom is 0.244 e. The smallest absolute Gasteiger partial charge is 0.244 e. The molecule has 0 fully saturated rings. The molecule has 4 N–H and O–H groups in total. The van der Waals surface area contributed by atoms with Gasteiger partial charge in [-0.2, -0.15) is 0 Å². The second kappa shape index (κ2) is 8.18. The minimum Gasteiger partial charge on any atom is -0.323 e. The van der Waals surface area contributed by atoms with Gasteiger partial charge in [-0.15, -0.1) is 0 Å². The first-order valence-electron chi connectivity index (χ1n) is 6.94. The SMILES string of the molecule is CCCCCCC(C)NS(=O)(=O)c1cnccc1NN. The minimum absolute atomic E-state index is 0.0721. The molecular formula is C13H24N4O2S. The summed E-state index contributed by atoms with van der Waals surface area (Å²) in [4.78, 5) is 3.91. The summed E-state index contributed by atoms with van der Waals surface area (Å²) in [6, 6.07) is 1.42. The number of pyridine rings is 1. The lowest BCUT2D eigenvalue weighted by Crippen LogP contribution is -2.33. The van der Waals surface area contributed by atoms with Crippen LogP contribution in [0.4, 0.5) is 5.69 Å². The number of hydrogen-bond acceptors (Lipinski definition) is 5. The zero-order chi connectivity index (χ0) is 15.0. The molecule has 0 amide bonds. The van der Waals surface area contributed by atoms with E-state index in [9.17, 15) is 8.42 Å². The highest BCUT2D eigenvalue weighted by molar-refractivity contribution is 7.89. The molecule has 0 saturated heterocycles. The number of hydrogen-bond donors (Lipinski definition) is 3. The molecule has 20 heavy (non-hydrogen) atoms. The Morgan fingerprint density at radius 1 is 1.35 bits per heavy atom. The maximum atomic E-state index is 12.3. The number of aromatic nitrogens is 1. The summed E-state index contributed by atoms with van der Waals surface area (Å²) in [5.41, 5.74) is 2.71. The Hall–Kier alpha value is -1.18. The molecule has 1 aromatic heterocycles. The molecule has 7 heteroatoms. The molecule has 0 aliphatic rings. The van der Waals surface area contributed by atoms with Crippen LogP contribution in [0.15, 0.2) is 23.4 Å². The van der Waals surface area contributed by atoms with Crippen LogP contribution in [0.1, 0.15) is 46.0 Å². The Kier molecular flexibility index (Phi) is 6.90. The first kappa shape index (κ1) is 16.9. The molecule has 1 atom stereocenters. The Labute approximate surface area is 121 Å². The fraction of sp³-hybridized carbons (Fsp3) is 0.615. The topological polar surface area (TPSA) is 97.1 Å². The van der Waals surface area contributed by atoms with Gasteiger partial charge in [-0.25, -0.2) is 13.1 Å². The Bertz CT molecular complexity index is 505. The molecule has 114 valence electrons. The summed E-state index contributed by atoms with van der Waals surface area (Å²) in [7, 11) is -3.60. The second-order valence-electron chi connectivity index (χ2n) is 4.89. The first-order valence-corrected chi connectivity index (χ1v) is 8.42. The van der Waals surface area contributed by atoms with Gasteiger partial charge in [0.25, 0.3) is 0 Å². The van der Waals surface area contributed by atoms with Crippen LogP contribution < -0.4 is 16.0 Å². The van der Waals surface area contributed by atoms with Crippen molar-refractivity contribution in [3.63, 3.8) is 0 Å². The van der Waals surface area contributed by atoms with E-state index in [1.165, 1.54) is 31.3 Å². The fourth-order valence-electron chi connectivity index (χ4n) is 1.98. The van der Waals surface area contributed by atoms with Crippen LogP contribution in [0, 0.1) is 0 Å². The fourth-order valence-corrected chi connectivity index (χ4v) is 3.37. The summed E-state index contributed by atoms with van der Waals surface area (Å²) in [5, 5.41) is 0. The van der Waals surface area contributed by atoms with E-state index in [4.69, 9.17) is 5.84 Å². The molecule has 0 radical (unpaired) electrons. The third kappa shape index (κ3) is 5.07. The van der Waals surface area contributed by atoms with Crippen molar-refractivity contribution in [2.45, 2.75) is 56.9 Å². The number of anilines is 1. The van der Waals surface area contributed by atoms with Crippen molar-refractivity contribution in [1.82, 2.24) is 9.71 Å². The summed E-state index contributed by atoms with van der Waals surface area (Å²) in [5.74, 6) is 5.32. The van der Waals surface area contributed by atoms with Gasteiger partial charge in [-0.1, -0.05) is 32.6 Å². The molecule has 0 spiro atoms. The predicted molar refractivity (Wildman–Crippen MR) is 80.6 cm³/mol. The molecule has 6 nitrogen and oxygen atoms in total. The molecular weight excluding hydrogens is 276 g/mol. The monoisotopic (exact) mass is 300 g/mol. The Balaban J connectivity index is 2.65. The largest absolute Gasteiger partial charge is 0.323 e. The zero-order valence-electron chi connectivity index (χ0n) is 12.1. The number of nitrogens with zero attached hydrogens (tertiary/aromatic N) is 1. The standard InChI is InChI=1S/C13H24N4O2S/c1-3-4-5-6-7-11(2)17-20(18,19)13-10-15-9-8-12(13)16-14/h8-11,17H,3-7,14H2,1-2H3,(H,15,16). The average Bonchev–Trinajstić information content (AvgIpc) is 2.43. The van der Waals surface area contributed by atoms with Crippen molar-refractivity contribution >= 4 is 15.7 Å². The molecule has 0 aliphatic heterocycles. The molecule has 1 rings (SSSR count). The number of hydrazine groups is 1. The third-order valence-electron chi connectivity index (χ3n) is 3.08. The van der Waals surface area contributed by atoms with E-state index in [1.54, 1.807) is 0 Å². The average molecular weight is 300 g/mol. The van der Waals surface area contributed by atoms with E-state index in [0.29, 0.717) is 5.69 Å². The molecule has 1 unspecified atom stereocenters. The summed E-state index contributed by atoms with van der Waals surface area (Å²) < 4.78 is 27.2. The van der Waals surface area contributed by atoms with Crippen molar-refractivity contribution in [3.8, 4) is 0 Å². The minimum atomic E-state index is -3.60. The first-order chi connectivity index (χ1) is 9.51. The summed E-state index contributed by atoms with van der Waals surface area (Å²) >= 11 is 0. The van der Waals surface area contributed by atoms with Gasteiger partial charge in [0.15, 0.2) is 0 Å². The highest BCUT2D eigenvalue weighted by Crippen LogP contribution is 2.19. The quantitative estimate of drug-likeness (QED) is 0.368. The van der Waals surface area contributed by atoms with E-state index in [1.807, 2.05) is 6.92 Å². The number of nitrogens with two attached hydrogens (primary N) is 1. The lowest BCUT2D eigenvalue weighted by atomic mass is 10.1. The Morgan fingerprint density at radius 2 is 2.10 bits per heavy atom. The van der Waals surface area contributed by atoms with Crippen molar-refractivity contribution in [2.75, 3.05) is 5.43 Å². The third-order valence-corrected chi connectivity index (χ3v) is 4.69. The van der Waals surface area contributed by atoms with Crippen molar-refractivity contribution in [1.29, 1.82) is 0 Å². The van der Waals surface area contributed by atoms with Gasteiger partial charge in [0.05, 0.1) is 5.69 Å². The number of rotatable bonds is 9. The number of sulfonamides is 1. The molecule has 0 bridgehead atoms. The number of nitrogen functional groups attached to an aromatic ring is 1. The van der Waals surface area contributed by atoms with Gasteiger partial charge in [0, 0.05) is 18.4 Å². The molecule has 0 saturated carbocycles. The van der Waals surface area contributed by atoms with Crippen LogP contribution in [0.25, 0.3) is 0 Å². The van der Waals surface area contributed by atoms with Crippen LogP contribution in [-0.2, 0) is 10.0 Å². The van der Waals surface area contributed by atoms with E-state index in [0.717, 1.165) is 19.3 Å². The van der Waals surface area contributed by atoms with Crippen LogP contribution in [0.5, 0.6) is 0 Å². The van der Waals surface area contributed by atoms with Crippen molar-refractivity contribution < 1.29 is 8.42 Å². The normalized spacial score (nSPS) is 13.2. The summed E-state index contributed by atoms with van der Waals surface area (Å²) in [6.07, 6.45) is 8.11. The van der Waals surface area contributed by atoms with Crippen LogP contribution in [0.3, 0.4) is 0 Å². The van der Waals surface area contributed by atoms with Gasteiger partial charge in [-0.3, -0.25) is 10.8 Å². The van der Waals surface area contributed by atoms with E-state index >= 15 is 0 Å².